The molecule has 5 nitrogen and oxygen atoms in total. The monoisotopic (exact) mass is 500 g/mol. The Balaban J connectivity index is 1.31. The third-order valence-electron chi connectivity index (χ3n) is 6.51. The highest BCUT2D eigenvalue weighted by molar-refractivity contribution is 6.05. The molecule has 5 heteroatoms. The van der Waals surface area contributed by atoms with E-state index in [2.05, 4.69) is 17.5 Å². The molecular weight excluding hydrogens is 460 g/mol. The Bertz CT molecular complexity index is 1130. The van der Waals surface area contributed by atoms with E-state index >= 15 is 0 Å². The molecule has 0 aromatic heterocycles. The van der Waals surface area contributed by atoms with Crippen LogP contribution in [-0.4, -0.2) is 18.1 Å². The Morgan fingerprint density at radius 2 is 1.38 bits per heavy atom. The number of nitrogens with zero attached hydrogens (tertiary/aromatic N) is 1. The standard InChI is InChI=1S/C32H40N2O3/c1-2-3-4-5-6-7-8-9-10-11-12-20-31(35)34-33-25-26-21-23-28(24-22-26)37-32(36)30-19-15-17-27-16-13-14-18-29(27)30/h13-19,21-25H,2-12,20H2,1H3,(H,34,35)/b33-25-. The van der Waals surface area contributed by atoms with Crippen molar-refractivity contribution in [3.8, 4) is 5.75 Å². The van der Waals surface area contributed by atoms with E-state index in [1.54, 1.807) is 36.5 Å². The number of carbonyl (C=O) groups excluding carboxylic acids is 2. The summed E-state index contributed by atoms with van der Waals surface area (Å²) in [5.74, 6) is -0.00341. The third kappa shape index (κ3) is 10.2. The molecule has 3 rings (SSSR count). The predicted octanol–water partition coefficient (Wildman–Crippen LogP) is 8.21. The van der Waals surface area contributed by atoms with Crippen molar-refractivity contribution in [2.75, 3.05) is 0 Å². The van der Waals surface area contributed by atoms with Gasteiger partial charge in [0.15, 0.2) is 0 Å². The van der Waals surface area contributed by atoms with Gasteiger partial charge in [0, 0.05) is 6.42 Å². The van der Waals surface area contributed by atoms with Crippen molar-refractivity contribution in [1.82, 2.24) is 5.43 Å². The number of fused-ring (bicyclic) bond motifs is 1. The average molecular weight is 501 g/mol. The molecule has 1 N–H and O–H groups in total. The fraction of sp³-hybridized carbons (Fsp3) is 0.406. The number of rotatable bonds is 16. The van der Waals surface area contributed by atoms with E-state index in [1.165, 1.54) is 57.8 Å². The number of carbonyl (C=O) groups is 2. The van der Waals surface area contributed by atoms with Crippen LogP contribution in [0.15, 0.2) is 71.8 Å². The molecule has 0 aliphatic rings. The smallest absolute Gasteiger partial charge is 0.344 e. The Morgan fingerprint density at radius 3 is 2.08 bits per heavy atom. The molecule has 0 saturated heterocycles. The summed E-state index contributed by atoms with van der Waals surface area (Å²) >= 11 is 0. The molecule has 0 spiro atoms. The van der Waals surface area contributed by atoms with Crippen molar-refractivity contribution >= 4 is 28.9 Å². The first kappa shape index (κ1) is 28.1. The summed E-state index contributed by atoms with van der Waals surface area (Å²) in [7, 11) is 0. The van der Waals surface area contributed by atoms with Crippen LogP contribution in [-0.2, 0) is 4.79 Å². The summed E-state index contributed by atoms with van der Waals surface area (Å²) in [6.45, 7) is 2.25. The lowest BCUT2D eigenvalue weighted by Crippen LogP contribution is -2.16. The first-order chi connectivity index (χ1) is 18.2. The second-order valence-electron chi connectivity index (χ2n) is 9.56. The summed E-state index contributed by atoms with van der Waals surface area (Å²) < 4.78 is 5.56. The quantitative estimate of drug-likeness (QED) is 0.0708. The molecule has 0 aliphatic heterocycles. The number of ether oxygens (including phenoxy) is 1. The van der Waals surface area contributed by atoms with Crippen molar-refractivity contribution in [3.63, 3.8) is 0 Å². The SMILES string of the molecule is CCCCCCCCCCCCCC(=O)N/N=C\c1ccc(OC(=O)c2cccc3ccccc23)cc1. The van der Waals surface area contributed by atoms with Crippen LogP contribution in [0.1, 0.15) is 99.9 Å². The number of benzene rings is 3. The zero-order valence-electron chi connectivity index (χ0n) is 22.1. The first-order valence-corrected chi connectivity index (χ1v) is 13.8. The van der Waals surface area contributed by atoms with Gasteiger partial charge in [-0.15, -0.1) is 0 Å². The summed E-state index contributed by atoms with van der Waals surface area (Å²) in [5, 5.41) is 5.91. The summed E-state index contributed by atoms with van der Waals surface area (Å²) in [6.07, 6.45) is 16.0. The van der Waals surface area contributed by atoms with Gasteiger partial charge in [-0.05, 0) is 53.1 Å². The Kier molecular flexibility index (Phi) is 12.4. The van der Waals surface area contributed by atoms with Gasteiger partial charge in [-0.1, -0.05) is 108 Å². The Hall–Kier alpha value is -3.47. The van der Waals surface area contributed by atoms with Crippen molar-refractivity contribution in [2.45, 2.75) is 84.0 Å². The zero-order valence-corrected chi connectivity index (χ0v) is 22.1. The molecule has 0 aliphatic carbocycles. The maximum atomic E-state index is 12.7. The molecule has 3 aromatic carbocycles. The maximum Gasteiger partial charge on any atom is 0.344 e. The van der Waals surface area contributed by atoms with Crippen molar-refractivity contribution < 1.29 is 14.3 Å². The van der Waals surface area contributed by atoms with E-state index in [0.29, 0.717) is 17.7 Å². The second-order valence-corrected chi connectivity index (χ2v) is 9.56. The number of hydrogen-bond donors (Lipinski definition) is 1. The number of unbranched alkanes of at least 4 members (excludes halogenated alkanes) is 10. The first-order valence-electron chi connectivity index (χ1n) is 13.8. The van der Waals surface area contributed by atoms with Crippen LogP contribution in [0, 0.1) is 0 Å². The largest absolute Gasteiger partial charge is 0.423 e. The lowest BCUT2D eigenvalue weighted by atomic mass is 10.0. The highest BCUT2D eigenvalue weighted by Crippen LogP contribution is 2.21. The van der Waals surface area contributed by atoms with Gasteiger partial charge in [0.05, 0.1) is 11.8 Å². The van der Waals surface area contributed by atoms with Gasteiger partial charge in [0.25, 0.3) is 0 Å². The second kappa shape index (κ2) is 16.3. The zero-order chi connectivity index (χ0) is 26.1. The van der Waals surface area contributed by atoms with Crippen LogP contribution in [0.2, 0.25) is 0 Å². The Labute approximate surface area is 221 Å². The molecular formula is C32H40N2O3. The van der Waals surface area contributed by atoms with Crippen LogP contribution in [0.3, 0.4) is 0 Å². The number of esters is 1. The highest BCUT2D eigenvalue weighted by atomic mass is 16.5. The van der Waals surface area contributed by atoms with Crippen LogP contribution in [0.4, 0.5) is 0 Å². The van der Waals surface area contributed by atoms with Crippen molar-refractivity contribution in [3.05, 3.63) is 77.9 Å². The van der Waals surface area contributed by atoms with Gasteiger partial charge >= 0.3 is 5.97 Å². The molecule has 1 amide bonds. The van der Waals surface area contributed by atoms with E-state index in [-0.39, 0.29) is 5.91 Å². The lowest BCUT2D eigenvalue weighted by molar-refractivity contribution is -0.121. The molecule has 196 valence electrons. The van der Waals surface area contributed by atoms with Crippen LogP contribution in [0.5, 0.6) is 5.75 Å². The summed E-state index contributed by atoms with van der Waals surface area (Å²) in [5.41, 5.74) is 3.93. The minimum Gasteiger partial charge on any atom is -0.423 e. The Morgan fingerprint density at radius 1 is 0.757 bits per heavy atom. The lowest BCUT2D eigenvalue weighted by Gasteiger charge is -2.07. The maximum absolute atomic E-state index is 12.7. The normalized spacial score (nSPS) is 11.2. The molecule has 0 saturated carbocycles. The average Bonchev–Trinajstić information content (AvgIpc) is 2.92. The van der Waals surface area contributed by atoms with E-state index in [9.17, 15) is 9.59 Å². The third-order valence-corrected chi connectivity index (χ3v) is 6.51. The number of amides is 1. The van der Waals surface area contributed by atoms with E-state index in [4.69, 9.17) is 4.74 Å². The number of hydrogen-bond acceptors (Lipinski definition) is 4. The fourth-order valence-corrected chi connectivity index (χ4v) is 4.37. The van der Waals surface area contributed by atoms with Gasteiger partial charge in [-0.2, -0.15) is 5.10 Å². The number of hydrazone groups is 1. The van der Waals surface area contributed by atoms with Crippen LogP contribution >= 0.6 is 0 Å². The van der Waals surface area contributed by atoms with Crippen LogP contribution < -0.4 is 10.2 Å². The molecule has 3 aromatic rings. The molecule has 0 heterocycles. The van der Waals surface area contributed by atoms with Gasteiger partial charge in [0.2, 0.25) is 5.91 Å². The van der Waals surface area contributed by atoms with E-state index in [0.717, 1.165) is 29.2 Å². The van der Waals surface area contributed by atoms with E-state index in [1.807, 2.05) is 36.4 Å². The molecule has 0 atom stereocenters. The minimum absolute atomic E-state index is 0.0622. The van der Waals surface area contributed by atoms with Gasteiger partial charge in [-0.25, -0.2) is 10.2 Å². The molecule has 0 bridgehead atoms. The molecule has 37 heavy (non-hydrogen) atoms. The van der Waals surface area contributed by atoms with Crippen molar-refractivity contribution in [1.29, 1.82) is 0 Å². The minimum atomic E-state index is -0.395. The number of nitrogens with one attached hydrogen (secondary N) is 1. The molecule has 0 unspecified atom stereocenters. The molecule has 0 radical (unpaired) electrons. The fourth-order valence-electron chi connectivity index (χ4n) is 4.37. The predicted molar refractivity (Wildman–Crippen MR) is 152 cm³/mol. The summed E-state index contributed by atoms with van der Waals surface area (Å²) in [6, 6.07) is 20.4. The topological polar surface area (TPSA) is 67.8 Å². The van der Waals surface area contributed by atoms with Crippen molar-refractivity contribution in [2.24, 2.45) is 5.10 Å². The van der Waals surface area contributed by atoms with Gasteiger partial charge in [0.1, 0.15) is 5.75 Å². The highest BCUT2D eigenvalue weighted by Gasteiger charge is 2.12. The van der Waals surface area contributed by atoms with Gasteiger partial charge in [-0.3, -0.25) is 4.79 Å². The summed E-state index contributed by atoms with van der Waals surface area (Å²) in [4.78, 5) is 24.7. The van der Waals surface area contributed by atoms with E-state index < -0.39 is 5.97 Å². The molecule has 0 fully saturated rings. The van der Waals surface area contributed by atoms with Gasteiger partial charge < -0.3 is 4.74 Å². The van der Waals surface area contributed by atoms with Crippen LogP contribution in [0.25, 0.3) is 10.8 Å².